The molecule has 1 aromatic heterocycles. The van der Waals surface area contributed by atoms with Gasteiger partial charge in [0.05, 0.1) is 12.2 Å². The van der Waals surface area contributed by atoms with Crippen molar-refractivity contribution in [3.8, 4) is 0 Å². The fraction of sp³-hybridized carbons (Fsp3) is 0.286. The standard InChI is InChI=1S/C14H17N3O/c1-3-17-9-8-12(16-17)10-15-14(18)13-7-5-4-6-11(13)2/h4-9H,3,10H2,1-2H3,(H,15,18). The Morgan fingerprint density at radius 1 is 1.33 bits per heavy atom. The number of hydrogen-bond acceptors (Lipinski definition) is 2. The van der Waals surface area contributed by atoms with Crippen molar-refractivity contribution in [3.05, 3.63) is 53.3 Å². The Morgan fingerprint density at radius 2 is 2.11 bits per heavy atom. The molecule has 1 N–H and O–H groups in total. The van der Waals surface area contributed by atoms with E-state index in [2.05, 4.69) is 10.4 Å². The Labute approximate surface area is 107 Å². The van der Waals surface area contributed by atoms with Crippen LogP contribution in [0.4, 0.5) is 0 Å². The van der Waals surface area contributed by atoms with Crippen molar-refractivity contribution in [2.24, 2.45) is 0 Å². The Kier molecular flexibility index (Phi) is 3.77. The zero-order valence-corrected chi connectivity index (χ0v) is 10.7. The predicted octanol–water partition coefficient (Wildman–Crippen LogP) is 2.14. The third kappa shape index (κ3) is 2.77. The normalized spacial score (nSPS) is 10.3. The van der Waals surface area contributed by atoms with Crippen molar-refractivity contribution in [1.82, 2.24) is 15.1 Å². The minimum atomic E-state index is -0.0563. The van der Waals surface area contributed by atoms with E-state index >= 15 is 0 Å². The first kappa shape index (κ1) is 12.4. The van der Waals surface area contributed by atoms with Crippen LogP contribution in [0.2, 0.25) is 0 Å². The van der Waals surface area contributed by atoms with E-state index in [1.807, 2.05) is 55.1 Å². The lowest BCUT2D eigenvalue weighted by molar-refractivity contribution is 0.0949. The van der Waals surface area contributed by atoms with Crippen LogP contribution in [0.1, 0.15) is 28.5 Å². The van der Waals surface area contributed by atoms with Gasteiger partial charge in [0.1, 0.15) is 0 Å². The first-order valence-electron chi connectivity index (χ1n) is 6.07. The van der Waals surface area contributed by atoms with Gasteiger partial charge < -0.3 is 5.32 Å². The van der Waals surface area contributed by atoms with Gasteiger partial charge in [0.25, 0.3) is 5.91 Å². The highest BCUT2D eigenvalue weighted by molar-refractivity contribution is 5.95. The zero-order valence-electron chi connectivity index (χ0n) is 10.7. The largest absolute Gasteiger partial charge is 0.346 e. The van der Waals surface area contributed by atoms with Crippen molar-refractivity contribution in [2.45, 2.75) is 26.9 Å². The summed E-state index contributed by atoms with van der Waals surface area (Å²) >= 11 is 0. The highest BCUT2D eigenvalue weighted by atomic mass is 16.1. The highest BCUT2D eigenvalue weighted by Crippen LogP contribution is 2.06. The fourth-order valence-corrected chi connectivity index (χ4v) is 1.77. The van der Waals surface area contributed by atoms with Crippen molar-refractivity contribution < 1.29 is 4.79 Å². The summed E-state index contributed by atoms with van der Waals surface area (Å²) in [5.41, 5.74) is 2.57. The molecule has 0 atom stereocenters. The van der Waals surface area contributed by atoms with Gasteiger partial charge in [-0.15, -0.1) is 0 Å². The molecule has 0 bridgehead atoms. The number of carbonyl (C=O) groups excluding carboxylic acids is 1. The molecule has 94 valence electrons. The minimum Gasteiger partial charge on any atom is -0.346 e. The topological polar surface area (TPSA) is 46.9 Å². The molecule has 0 fully saturated rings. The number of benzene rings is 1. The molecule has 1 heterocycles. The van der Waals surface area contributed by atoms with Crippen molar-refractivity contribution >= 4 is 5.91 Å². The molecule has 0 saturated heterocycles. The Hall–Kier alpha value is -2.10. The number of carbonyl (C=O) groups is 1. The second kappa shape index (κ2) is 5.49. The van der Waals surface area contributed by atoms with Gasteiger partial charge in [0.2, 0.25) is 0 Å². The van der Waals surface area contributed by atoms with Crippen LogP contribution in [0.25, 0.3) is 0 Å². The van der Waals surface area contributed by atoms with Gasteiger partial charge in [-0.25, -0.2) is 0 Å². The SMILES string of the molecule is CCn1ccc(CNC(=O)c2ccccc2C)n1. The molecule has 0 unspecified atom stereocenters. The highest BCUT2D eigenvalue weighted by Gasteiger charge is 2.08. The Morgan fingerprint density at radius 3 is 2.78 bits per heavy atom. The number of nitrogens with one attached hydrogen (secondary N) is 1. The van der Waals surface area contributed by atoms with Gasteiger partial charge in [-0.05, 0) is 31.5 Å². The third-order valence-electron chi connectivity index (χ3n) is 2.84. The van der Waals surface area contributed by atoms with Crippen LogP contribution in [0.5, 0.6) is 0 Å². The summed E-state index contributed by atoms with van der Waals surface area (Å²) in [4.78, 5) is 12.0. The summed E-state index contributed by atoms with van der Waals surface area (Å²) in [5.74, 6) is -0.0563. The van der Waals surface area contributed by atoms with Crippen molar-refractivity contribution in [2.75, 3.05) is 0 Å². The Bertz CT molecular complexity index is 545. The van der Waals surface area contributed by atoms with Gasteiger partial charge in [-0.2, -0.15) is 5.10 Å². The third-order valence-corrected chi connectivity index (χ3v) is 2.84. The lowest BCUT2D eigenvalue weighted by Gasteiger charge is -2.05. The maximum atomic E-state index is 12.0. The molecular weight excluding hydrogens is 226 g/mol. The van der Waals surface area contributed by atoms with E-state index in [9.17, 15) is 4.79 Å². The summed E-state index contributed by atoms with van der Waals surface area (Å²) in [6.45, 7) is 5.26. The number of rotatable bonds is 4. The van der Waals surface area contributed by atoms with E-state index in [1.165, 1.54) is 0 Å². The number of hydrogen-bond donors (Lipinski definition) is 1. The summed E-state index contributed by atoms with van der Waals surface area (Å²) in [6, 6.07) is 9.47. The van der Waals surface area contributed by atoms with Crippen LogP contribution in [0, 0.1) is 6.92 Å². The molecule has 0 radical (unpaired) electrons. The summed E-state index contributed by atoms with van der Waals surface area (Å²) in [5, 5.41) is 7.20. The number of aryl methyl sites for hydroxylation is 2. The first-order valence-corrected chi connectivity index (χ1v) is 6.07. The monoisotopic (exact) mass is 243 g/mol. The van der Waals surface area contributed by atoms with E-state index in [1.54, 1.807) is 0 Å². The molecule has 1 aromatic carbocycles. The van der Waals surface area contributed by atoms with E-state index in [0.717, 1.165) is 17.8 Å². The van der Waals surface area contributed by atoms with Crippen LogP contribution < -0.4 is 5.32 Å². The lowest BCUT2D eigenvalue weighted by atomic mass is 10.1. The van der Waals surface area contributed by atoms with Gasteiger partial charge in [0.15, 0.2) is 0 Å². The van der Waals surface area contributed by atoms with Crippen LogP contribution in [0.15, 0.2) is 36.5 Å². The van der Waals surface area contributed by atoms with Gasteiger partial charge in [0, 0.05) is 18.3 Å². The molecule has 0 aliphatic heterocycles. The van der Waals surface area contributed by atoms with Gasteiger partial charge in [-0.3, -0.25) is 9.48 Å². The van der Waals surface area contributed by atoms with Gasteiger partial charge in [-0.1, -0.05) is 18.2 Å². The lowest BCUT2D eigenvalue weighted by Crippen LogP contribution is -2.23. The summed E-state index contributed by atoms with van der Waals surface area (Å²) in [6.07, 6.45) is 1.91. The predicted molar refractivity (Wildman–Crippen MR) is 70.3 cm³/mol. The number of aromatic nitrogens is 2. The molecular formula is C14H17N3O. The number of nitrogens with zero attached hydrogens (tertiary/aromatic N) is 2. The molecule has 1 amide bonds. The minimum absolute atomic E-state index is 0.0563. The summed E-state index contributed by atoms with van der Waals surface area (Å²) < 4.78 is 1.84. The molecule has 0 saturated carbocycles. The second-order valence-electron chi connectivity index (χ2n) is 4.16. The molecule has 2 rings (SSSR count). The second-order valence-corrected chi connectivity index (χ2v) is 4.16. The number of amides is 1. The van der Waals surface area contributed by atoms with Crippen LogP contribution in [-0.4, -0.2) is 15.7 Å². The fourth-order valence-electron chi connectivity index (χ4n) is 1.77. The molecule has 4 nitrogen and oxygen atoms in total. The van der Waals surface area contributed by atoms with E-state index in [4.69, 9.17) is 0 Å². The van der Waals surface area contributed by atoms with Crippen LogP contribution >= 0.6 is 0 Å². The molecule has 0 aliphatic rings. The maximum Gasteiger partial charge on any atom is 0.251 e. The van der Waals surface area contributed by atoms with E-state index < -0.39 is 0 Å². The molecule has 0 spiro atoms. The molecule has 18 heavy (non-hydrogen) atoms. The van der Waals surface area contributed by atoms with Crippen molar-refractivity contribution in [1.29, 1.82) is 0 Å². The quantitative estimate of drug-likeness (QED) is 0.894. The van der Waals surface area contributed by atoms with Crippen molar-refractivity contribution in [3.63, 3.8) is 0 Å². The van der Waals surface area contributed by atoms with E-state index in [0.29, 0.717) is 12.1 Å². The van der Waals surface area contributed by atoms with Crippen LogP contribution in [-0.2, 0) is 13.1 Å². The average molecular weight is 243 g/mol. The zero-order chi connectivity index (χ0) is 13.0. The Balaban J connectivity index is 1.98. The molecule has 4 heteroatoms. The van der Waals surface area contributed by atoms with Crippen LogP contribution in [0.3, 0.4) is 0 Å². The smallest absolute Gasteiger partial charge is 0.251 e. The maximum absolute atomic E-state index is 12.0. The molecule has 2 aromatic rings. The average Bonchev–Trinajstić information content (AvgIpc) is 2.84. The van der Waals surface area contributed by atoms with E-state index in [-0.39, 0.29) is 5.91 Å². The van der Waals surface area contributed by atoms with Gasteiger partial charge >= 0.3 is 0 Å². The first-order chi connectivity index (χ1) is 8.70. The summed E-state index contributed by atoms with van der Waals surface area (Å²) in [7, 11) is 0. The molecule has 0 aliphatic carbocycles.